The Hall–Kier alpha value is -5.16. The largest absolute Gasteiger partial charge is 0.310 e. The number of carbonyl (C=O) groups excluding carboxylic acids is 2. The van der Waals surface area contributed by atoms with E-state index in [1.165, 1.54) is 33.4 Å². The average Bonchev–Trinajstić information content (AvgIpc) is 4.04. The molecule has 0 unspecified atom stereocenters. The Morgan fingerprint density at radius 3 is 0.927 bits per heavy atom. The summed E-state index contributed by atoms with van der Waals surface area (Å²) in [7, 11) is 0. The molecule has 2 aliphatic rings. The second-order valence-electron chi connectivity index (χ2n) is 19.7. The van der Waals surface area contributed by atoms with Crippen LogP contribution in [0.25, 0.3) is 22.3 Å². The Kier molecular flexibility index (Phi) is 9.19. The number of rotatable bonds is 7. The molecule has 0 spiro atoms. The third-order valence-corrected chi connectivity index (χ3v) is 11.0. The van der Waals surface area contributed by atoms with Gasteiger partial charge in [-0.15, -0.1) is 0 Å². The highest BCUT2D eigenvalue weighted by atomic mass is 16.2. The first kappa shape index (κ1) is 38.1. The second-order valence-corrected chi connectivity index (χ2v) is 19.7. The highest BCUT2D eigenvalue weighted by Gasteiger charge is 2.36. The van der Waals surface area contributed by atoms with Crippen molar-refractivity contribution in [3.63, 3.8) is 0 Å². The van der Waals surface area contributed by atoms with Crippen molar-refractivity contribution in [3.05, 3.63) is 125 Å². The number of hydrogen-bond acceptors (Lipinski definition) is 3. The lowest BCUT2D eigenvalue weighted by molar-refractivity contribution is -0.110. The fourth-order valence-electron chi connectivity index (χ4n) is 7.06. The summed E-state index contributed by atoms with van der Waals surface area (Å²) in [6.45, 7) is 28.0. The van der Waals surface area contributed by atoms with E-state index in [-0.39, 0.29) is 33.5 Å². The van der Waals surface area contributed by atoms with Crippen molar-refractivity contribution < 1.29 is 9.59 Å². The maximum atomic E-state index is 12.4. The molecule has 0 atom stereocenters. The number of hydrogen-bond donors (Lipinski definition) is 0. The van der Waals surface area contributed by atoms with Crippen molar-refractivity contribution in [1.82, 2.24) is 0 Å². The zero-order valence-electron chi connectivity index (χ0n) is 34.9. The number of benzene rings is 5. The SMILES string of the molecule is CC(C)(C)c1cc(-c2ccc(N(c3ccc(-c4cc(C(C)(C)C)cc(C(C)(C)C)c4)cc3)c3cc(N4CC4=O)cc(N4CC4=O)c3)cc2)cc(C(C)(C)C)c1. The minimum Gasteiger partial charge on any atom is -0.310 e. The van der Waals surface area contributed by atoms with E-state index in [1.54, 1.807) is 9.80 Å². The zero-order chi connectivity index (χ0) is 39.8. The quantitative estimate of drug-likeness (QED) is 0.157. The van der Waals surface area contributed by atoms with Crippen molar-refractivity contribution in [2.75, 3.05) is 27.8 Å². The van der Waals surface area contributed by atoms with Crippen LogP contribution in [0, 0.1) is 0 Å². The molecule has 2 saturated heterocycles. The molecule has 5 nitrogen and oxygen atoms in total. The van der Waals surface area contributed by atoms with E-state index in [4.69, 9.17) is 0 Å². The molecule has 0 N–H and O–H groups in total. The number of amides is 2. The minimum atomic E-state index is 0.0158. The summed E-state index contributed by atoms with van der Waals surface area (Å²) in [5.74, 6) is 0.166. The second kappa shape index (κ2) is 13.3. The lowest BCUT2D eigenvalue weighted by atomic mass is 9.79. The summed E-state index contributed by atoms with van der Waals surface area (Å²) in [6, 6.07) is 37.7. The van der Waals surface area contributed by atoms with Crippen LogP contribution in [0.3, 0.4) is 0 Å². The Morgan fingerprint density at radius 2 is 0.673 bits per heavy atom. The molecule has 0 saturated carbocycles. The zero-order valence-corrected chi connectivity index (χ0v) is 34.9. The van der Waals surface area contributed by atoms with Crippen LogP contribution in [0.1, 0.15) is 105 Å². The fourth-order valence-corrected chi connectivity index (χ4v) is 7.06. The first-order chi connectivity index (χ1) is 25.6. The molecule has 0 radical (unpaired) electrons. The molecule has 0 bridgehead atoms. The third-order valence-electron chi connectivity index (χ3n) is 11.0. The fraction of sp³-hybridized carbons (Fsp3) is 0.360. The van der Waals surface area contributed by atoms with Crippen molar-refractivity contribution in [1.29, 1.82) is 0 Å². The lowest BCUT2D eigenvalue weighted by Gasteiger charge is -2.28. The van der Waals surface area contributed by atoms with Crippen LogP contribution in [0.2, 0.25) is 0 Å². The summed E-state index contributed by atoms with van der Waals surface area (Å²) in [6.07, 6.45) is 0. The maximum absolute atomic E-state index is 12.4. The van der Waals surface area contributed by atoms with E-state index in [2.05, 4.69) is 185 Å². The van der Waals surface area contributed by atoms with Gasteiger partial charge in [0.2, 0.25) is 11.8 Å². The van der Waals surface area contributed by atoms with Crippen LogP contribution in [0.5, 0.6) is 0 Å². The summed E-state index contributed by atoms with van der Waals surface area (Å²) in [5.41, 5.74) is 14.5. The van der Waals surface area contributed by atoms with Gasteiger partial charge in [0.1, 0.15) is 13.1 Å². The molecule has 284 valence electrons. The van der Waals surface area contributed by atoms with E-state index in [0.717, 1.165) is 39.6 Å². The van der Waals surface area contributed by atoms with Gasteiger partial charge < -0.3 is 14.7 Å². The summed E-state index contributed by atoms with van der Waals surface area (Å²) < 4.78 is 0. The lowest BCUT2D eigenvalue weighted by Crippen LogP contribution is -2.16. The topological polar surface area (TPSA) is 43.4 Å². The van der Waals surface area contributed by atoms with Crippen LogP contribution in [-0.2, 0) is 31.2 Å². The van der Waals surface area contributed by atoms with Gasteiger partial charge >= 0.3 is 0 Å². The highest BCUT2D eigenvalue weighted by Crippen LogP contribution is 2.43. The molecule has 7 rings (SSSR count). The Bertz CT molecular complexity index is 2070. The van der Waals surface area contributed by atoms with Gasteiger partial charge in [0.05, 0.1) is 5.69 Å². The van der Waals surface area contributed by atoms with Crippen LogP contribution >= 0.6 is 0 Å². The molecule has 2 aliphatic heterocycles. The van der Waals surface area contributed by atoms with Crippen LogP contribution < -0.4 is 14.7 Å². The number of carbonyl (C=O) groups is 2. The van der Waals surface area contributed by atoms with Crippen LogP contribution in [0.15, 0.2) is 103 Å². The average molecular weight is 732 g/mol. The molecular weight excluding hydrogens is 675 g/mol. The molecule has 2 fully saturated rings. The molecule has 5 heteroatoms. The minimum absolute atomic E-state index is 0.0158. The molecule has 5 aromatic rings. The predicted molar refractivity (Wildman–Crippen MR) is 232 cm³/mol. The van der Waals surface area contributed by atoms with Gasteiger partial charge in [-0.1, -0.05) is 144 Å². The van der Waals surface area contributed by atoms with E-state index in [0.29, 0.717) is 13.1 Å². The summed E-state index contributed by atoms with van der Waals surface area (Å²) in [4.78, 5) is 30.5. The maximum Gasteiger partial charge on any atom is 0.247 e. The molecule has 0 aromatic heterocycles. The van der Waals surface area contributed by atoms with Gasteiger partial charge in [-0.3, -0.25) is 9.59 Å². The van der Waals surface area contributed by atoms with Gasteiger partial charge in [0.25, 0.3) is 0 Å². The van der Waals surface area contributed by atoms with Crippen LogP contribution in [0.4, 0.5) is 28.4 Å². The van der Waals surface area contributed by atoms with Crippen molar-refractivity contribution >= 4 is 40.3 Å². The van der Waals surface area contributed by atoms with E-state index < -0.39 is 0 Å². The summed E-state index contributed by atoms with van der Waals surface area (Å²) >= 11 is 0. The molecule has 5 aromatic carbocycles. The molecule has 0 aliphatic carbocycles. The van der Waals surface area contributed by atoms with Gasteiger partial charge in [0.15, 0.2) is 0 Å². The van der Waals surface area contributed by atoms with Crippen molar-refractivity contribution in [3.8, 4) is 22.3 Å². The standard InChI is InChI=1S/C50H57N3O2/c1-47(2,3)36-21-34(22-37(25-36)48(4,5)6)32-13-17-40(18-14-32)53(44-28-42(51-30-45(51)54)27-43(29-44)52-31-46(52)55)41-19-15-33(16-20-41)35-23-38(49(7,8)9)26-39(24-35)50(10,11)12/h13-29H,30-31H2,1-12H3. The van der Waals surface area contributed by atoms with Gasteiger partial charge in [0, 0.05) is 22.7 Å². The smallest absolute Gasteiger partial charge is 0.247 e. The number of nitrogens with zero attached hydrogens (tertiary/aromatic N) is 3. The summed E-state index contributed by atoms with van der Waals surface area (Å²) in [5, 5.41) is 0. The Morgan fingerprint density at radius 1 is 0.382 bits per heavy atom. The van der Waals surface area contributed by atoms with E-state index in [9.17, 15) is 9.59 Å². The van der Waals surface area contributed by atoms with Crippen LogP contribution in [-0.4, -0.2) is 24.9 Å². The monoisotopic (exact) mass is 731 g/mol. The highest BCUT2D eigenvalue weighted by molar-refractivity contribution is 6.15. The third kappa shape index (κ3) is 8.12. The predicted octanol–water partition coefficient (Wildman–Crippen LogP) is 12.4. The number of anilines is 5. The Labute approximate surface area is 329 Å². The van der Waals surface area contributed by atoms with Crippen molar-refractivity contribution in [2.45, 2.75) is 105 Å². The van der Waals surface area contributed by atoms with Gasteiger partial charge in [-0.25, -0.2) is 0 Å². The molecule has 2 amide bonds. The molecule has 2 heterocycles. The normalized spacial score (nSPS) is 14.8. The molecule has 55 heavy (non-hydrogen) atoms. The Balaban J connectivity index is 1.34. The van der Waals surface area contributed by atoms with Gasteiger partial charge in [-0.05, 0) is 109 Å². The van der Waals surface area contributed by atoms with Crippen molar-refractivity contribution in [2.24, 2.45) is 0 Å². The van der Waals surface area contributed by atoms with E-state index >= 15 is 0 Å². The molecular formula is C50H57N3O2. The first-order valence-corrected chi connectivity index (χ1v) is 19.7. The van der Waals surface area contributed by atoms with Gasteiger partial charge in [-0.2, -0.15) is 0 Å². The first-order valence-electron chi connectivity index (χ1n) is 19.7. The van der Waals surface area contributed by atoms with E-state index in [1.807, 2.05) is 6.07 Å².